The van der Waals surface area contributed by atoms with E-state index in [9.17, 15) is 13.6 Å². The van der Waals surface area contributed by atoms with Crippen molar-refractivity contribution in [2.45, 2.75) is 32.8 Å². The Balaban J connectivity index is 2.25. The molecule has 0 aliphatic rings. The first-order valence-electron chi connectivity index (χ1n) is 6.41. The summed E-state index contributed by atoms with van der Waals surface area (Å²) < 4.78 is 31.4. The minimum atomic E-state index is -2.80. The van der Waals surface area contributed by atoms with Gasteiger partial charge in [-0.15, -0.1) is 4.80 Å². The van der Waals surface area contributed by atoms with Crippen LogP contribution in [-0.2, 0) is 4.74 Å². The summed E-state index contributed by atoms with van der Waals surface area (Å²) in [6, 6.07) is 1.11. The van der Waals surface area contributed by atoms with Gasteiger partial charge in [-0.2, -0.15) is 10.2 Å². The molecule has 0 unspecified atom stereocenters. The number of anilines is 1. The topological polar surface area (TPSA) is 81.9 Å². The number of pyridine rings is 1. The molecular formula is C13H15F2N5O2. The highest BCUT2D eigenvalue weighted by atomic mass is 19.3. The third kappa shape index (κ3) is 3.96. The van der Waals surface area contributed by atoms with Gasteiger partial charge < -0.3 is 4.74 Å². The standard InChI is InChI=1S/C13H15F2N5O2/c1-13(2,3)22-12(21)19-8-6-9(10(14)15)11(16-7-8)20-17-4-5-18-20/h4-7,10H,1-3H3,(H,19,21). The fourth-order valence-corrected chi connectivity index (χ4v) is 1.62. The SMILES string of the molecule is CC(C)(C)OC(=O)Nc1cnc(-n2nccn2)c(C(F)F)c1. The Hall–Kier alpha value is -2.58. The lowest BCUT2D eigenvalue weighted by molar-refractivity contribution is 0.0635. The molecule has 0 saturated carbocycles. The Morgan fingerprint density at radius 3 is 2.50 bits per heavy atom. The molecule has 0 aromatic carbocycles. The highest BCUT2D eigenvalue weighted by Gasteiger charge is 2.20. The van der Waals surface area contributed by atoms with Crippen LogP contribution in [0, 0.1) is 0 Å². The van der Waals surface area contributed by atoms with E-state index in [1.807, 2.05) is 0 Å². The van der Waals surface area contributed by atoms with Crippen LogP contribution in [-0.4, -0.2) is 31.7 Å². The van der Waals surface area contributed by atoms with Gasteiger partial charge in [0.15, 0.2) is 5.82 Å². The lowest BCUT2D eigenvalue weighted by Crippen LogP contribution is -2.27. The summed E-state index contributed by atoms with van der Waals surface area (Å²) in [5, 5.41) is 9.89. The molecule has 0 aliphatic heterocycles. The van der Waals surface area contributed by atoms with Crippen LogP contribution < -0.4 is 5.32 Å². The van der Waals surface area contributed by atoms with Crippen molar-refractivity contribution in [3.05, 3.63) is 30.2 Å². The van der Waals surface area contributed by atoms with Gasteiger partial charge in [0, 0.05) is 0 Å². The maximum atomic E-state index is 13.2. The second kappa shape index (κ2) is 6.04. The van der Waals surface area contributed by atoms with Crippen LogP contribution >= 0.6 is 0 Å². The van der Waals surface area contributed by atoms with Crippen molar-refractivity contribution >= 4 is 11.8 Å². The quantitative estimate of drug-likeness (QED) is 0.942. The van der Waals surface area contributed by atoms with Crippen LogP contribution in [0.3, 0.4) is 0 Å². The van der Waals surface area contributed by atoms with Gasteiger partial charge in [0.2, 0.25) is 0 Å². The summed E-state index contributed by atoms with van der Waals surface area (Å²) in [6.07, 6.45) is 0.385. The van der Waals surface area contributed by atoms with Crippen LogP contribution in [0.5, 0.6) is 0 Å². The Morgan fingerprint density at radius 2 is 1.95 bits per heavy atom. The molecule has 2 rings (SSSR count). The Morgan fingerprint density at radius 1 is 1.32 bits per heavy atom. The molecule has 0 bridgehead atoms. The van der Waals surface area contributed by atoms with Crippen molar-refractivity contribution in [2.24, 2.45) is 0 Å². The summed E-state index contributed by atoms with van der Waals surface area (Å²) in [5.74, 6) is -0.102. The number of alkyl halides is 2. The largest absolute Gasteiger partial charge is 0.444 e. The van der Waals surface area contributed by atoms with E-state index in [1.54, 1.807) is 20.8 Å². The van der Waals surface area contributed by atoms with Crippen LogP contribution in [0.15, 0.2) is 24.7 Å². The number of nitrogens with zero attached hydrogens (tertiary/aromatic N) is 4. The van der Waals surface area contributed by atoms with E-state index in [2.05, 4.69) is 20.5 Å². The summed E-state index contributed by atoms with van der Waals surface area (Å²) >= 11 is 0. The van der Waals surface area contributed by atoms with Gasteiger partial charge in [0.25, 0.3) is 6.43 Å². The molecule has 2 aromatic rings. The second-order valence-corrected chi connectivity index (χ2v) is 5.38. The predicted molar refractivity (Wildman–Crippen MR) is 74.0 cm³/mol. The van der Waals surface area contributed by atoms with Gasteiger partial charge in [-0.25, -0.2) is 18.6 Å². The number of halogens is 2. The molecule has 1 amide bonds. The highest BCUT2D eigenvalue weighted by molar-refractivity contribution is 5.84. The fraction of sp³-hybridized carbons (Fsp3) is 0.385. The molecule has 2 aromatic heterocycles. The van der Waals surface area contributed by atoms with Crippen LogP contribution in [0.4, 0.5) is 19.3 Å². The minimum absolute atomic E-state index is 0.0976. The van der Waals surface area contributed by atoms with Crippen molar-refractivity contribution in [3.63, 3.8) is 0 Å². The van der Waals surface area contributed by atoms with E-state index < -0.39 is 23.7 Å². The van der Waals surface area contributed by atoms with Crippen molar-refractivity contribution < 1.29 is 18.3 Å². The molecule has 1 N–H and O–H groups in total. The van der Waals surface area contributed by atoms with Gasteiger partial charge in [-0.05, 0) is 26.8 Å². The first-order valence-corrected chi connectivity index (χ1v) is 6.41. The lowest BCUT2D eigenvalue weighted by atomic mass is 10.2. The highest BCUT2D eigenvalue weighted by Crippen LogP contribution is 2.26. The number of nitrogens with one attached hydrogen (secondary N) is 1. The molecule has 0 aliphatic carbocycles. The molecule has 2 heterocycles. The first-order chi connectivity index (χ1) is 10.3. The molecule has 9 heteroatoms. The van der Waals surface area contributed by atoms with Gasteiger partial charge in [0.05, 0.1) is 29.8 Å². The Bertz CT molecular complexity index is 653. The lowest BCUT2D eigenvalue weighted by Gasteiger charge is -2.19. The first kappa shape index (κ1) is 15.8. The maximum Gasteiger partial charge on any atom is 0.412 e. The fourth-order valence-electron chi connectivity index (χ4n) is 1.62. The second-order valence-electron chi connectivity index (χ2n) is 5.38. The smallest absolute Gasteiger partial charge is 0.412 e. The minimum Gasteiger partial charge on any atom is -0.444 e. The number of carbonyl (C=O) groups is 1. The number of amides is 1. The van der Waals surface area contributed by atoms with E-state index >= 15 is 0 Å². The molecule has 7 nitrogen and oxygen atoms in total. The van der Waals surface area contributed by atoms with Gasteiger partial charge >= 0.3 is 6.09 Å². The number of aromatic nitrogens is 4. The van der Waals surface area contributed by atoms with Crippen molar-refractivity contribution in [1.82, 2.24) is 20.0 Å². The van der Waals surface area contributed by atoms with Crippen molar-refractivity contribution in [3.8, 4) is 5.82 Å². The number of ether oxygens (including phenoxy) is 1. The van der Waals surface area contributed by atoms with Crippen LogP contribution in [0.1, 0.15) is 32.8 Å². The summed E-state index contributed by atoms with van der Waals surface area (Å²) in [4.78, 5) is 16.5. The maximum absolute atomic E-state index is 13.2. The molecule has 22 heavy (non-hydrogen) atoms. The van der Waals surface area contributed by atoms with Crippen LogP contribution in [0.25, 0.3) is 5.82 Å². The van der Waals surface area contributed by atoms with E-state index in [4.69, 9.17) is 4.74 Å². The molecule has 0 radical (unpaired) electrons. The number of hydrogen-bond donors (Lipinski definition) is 1. The van der Waals surface area contributed by atoms with Gasteiger partial charge in [-0.1, -0.05) is 0 Å². The van der Waals surface area contributed by atoms with Gasteiger partial charge in [0.1, 0.15) is 5.60 Å². The van der Waals surface area contributed by atoms with Crippen molar-refractivity contribution in [2.75, 3.05) is 5.32 Å². The number of hydrogen-bond acceptors (Lipinski definition) is 5. The van der Waals surface area contributed by atoms with Gasteiger partial charge in [-0.3, -0.25) is 5.32 Å². The molecule has 118 valence electrons. The monoisotopic (exact) mass is 311 g/mol. The zero-order chi connectivity index (χ0) is 16.3. The predicted octanol–water partition coefficient (Wildman–Crippen LogP) is 2.95. The molecular weight excluding hydrogens is 296 g/mol. The van der Waals surface area contributed by atoms with Crippen LogP contribution in [0.2, 0.25) is 0 Å². The molecule has 0 atom stereocenters. The zero-order valence-corrected chi connectivity index (χ0v) is 12.2. The molecule has 0 fully saturated rings. The molecule has 0 saturated heterocycles. The third-order valence-electron chi connectivity index (χ3n) is 2.38. The average molecular weight is 311 g/mol. The molecule has 0 spiro atoms. The number of rotatable bonds is 3. The average Bonchev–Trinajstić information content (AvgIpc) is 2.89. The normalized spacial score (nSPS) is 11.5. The van der Waals surface area contributed by atoms with Crippen molar-refractivity contribution in [1.29, 1.82) is 0 Å². The Kier molecular flexibility index (Phi) is 4.34. The number of carbonyl (C=O) groups excluding carboxylic acids is 1. The third-order valence-corrected chi connectivity index (χ3v) is 2.38. The summed E-state index contributed by atoms with van der Waals surface area (Å²) in [6.45, 7) is 5.09. The van der Waals surface area contributed by atoms with E-state index in [1.165, 1.54) is 18.6 Å². The van der Waals surface area contributed by atoms with E-state index in [-0.39, 0.29) is 11.5 Å². The zero-order valence-electron chi connectivity index (χ0n) is 12.2. The Labute approximate surface area is 125 Å². The van der Waals surface area contributed by atoms with E-state index in [0.29, 0.717) is 0 Å². The van der Waals surface area contributed by atoms with E-state index in [0.717, 1.165) is 10.9 Å². The summed E-state index contributed by atoms with van der Waals surface area (Å²) in [5.41, 5.74) is -0.993. The summed E-state index contributed by atoms with van der Waals surface area (Å²) in [7, 11) is 0.